The molecule has 1 amide bonds. The normalized spacial score (nSPS) is 10.4. The molecule has 0 aromatic heterocycles. The predicted octanol–water partition coefficient (Wildman–Crippen LogP) is 4.52. The Morgan fingerprint density at radius 1 is 0.864 bits per heavy atom. The number of benzene rings is 2. The SMILES string of the molecule is O=C(CCCCc1ccc(Br)cc1)NCCc1ccccc1. The molecule has 0 spiro atoms. The molecule has 2 aromatic rings. The van der Waals surface area contributed by atoms with Crippen molar-refractivity contribution in [2.45, 2.75) is 32.1 Å². The number of amides is 1. The van der Waals surface area contributed by atoms with E-state index in [1.54, 1.807) is 0 Å². The van der Waals surface area contributed by atoms with E-state index in [1.807, 2.05) is 18.2 Å². The summed E-state index contributed by atoms with van der Waals surface area (Å²) in [5.41, 5.74) is 2.59. The molecule has 0 saturated heterocycles. The van der Waals surface area contributed by atoms with Gasteiger partial charge in [-0.1, -0.05) is 58.4 Å². The lowest BCUT2D eigenvalue weighted by Crippen LogP contribution is -2.25. The van der Waals surface area contributed by atoms with Gasteiger partial charge in [0.05, 0.1) is 0 Å². The van der Waals surface area contributed by atoms with Gasteiger partial charge in [0, 0.05) is 17.4 Å². The Morgan fingerprint density at radius 3 is 2.27 bits per heavy atom. The molecule has 3 heteroatoms. The van der Waals surface area contributed by atoms with Crippen LogP contribution in [0, 0.1) is 0 Å². The molecule has 0 saturated carbocycles. The van der Waals surface area contributed by atoms with Gasteiger partial charge in [-0.25, -0.2) is 0 Å². The lowest BCUT2D eigenvalue weighted by atomic mass is 10.1. The fraction of sp³-hybridized carbons (Fsp3) is 0.316. The molecule has 0 radical (unpaired) electrons. The van der Waals surface area contributed by atoms with Crippen molar-refractivity contribution in [2.24, 2.45) is 0 Å². The van der Waals surface area contributed by atoms with Crippen molar-refractivity contribution in [1.29, 1.82) is 0 Å². The lowest BCUT2D eigenvalue weighted by molar-refractivity contribution is -0.121. The number of halogens is 1. The van der Waals surface area contributed by atoms with Crippen LogP contribution < -0.4 is 5.32 Å². The second kappa shape index (κ2) is 9.42. The molecule has 116 valence electrons. The van der Waals surface area contributed by atoms with Gasteiger partial charge >= 0.3 is 0 Å². The first-order valence-electron chi connectivity index (χ1n) is 7.79. The molecule has 2 aromatic carbocycles. The molecule has 2 rings (SSSR count). The minimum absolute atomic E-state index is 0.159. The van der Waals surface area contributed by atoms with Crippen LogP contribution in [-0.4, -0.2) is 12.5 Å². The summed E-state index contributed by atoms with van der Waals surface area (Å²) in [6, 6.07) is 18.6. The molecule has 0 aliphatic carbocycles. The first kappa shape index (κ1) is 16.8. The summed E-state index contributed by atoms with van der Waals surface area (Å²) in [6.45, 7) is 0.718. The van der Waals surface area contributed by atoms with Crippen LogP contribution in [0.3, 0.4) is 0 Å². The summed E-state index contributed by atoms with van der Waals surface area (Å²) in [5.74, 6) is 0.159. The largest absolute Gasteiger partial charge is 0.356 e. The molecule has 0 unspecified atom stereocenters. The highest BCUT2D eigenvalue weighted by Crippen LogP contribution is 2.12. The van der Waals surface area contributed by atoms with Gasteiger partial charge in [-0.3, -0.25) is 4.79 Å². The minimum atomic E-state index is 0.159. The highest BCUT2D eigenvalue weighted by atomic mass is 79.9. The van der Waals surface area contributed by atoms with Crippen LogP contribution in [0.25, 0.3) is 0 Å². The van der Waals surface area contributed by atoms with E-state index in [9.17, 15) is 4.79 Å². The van der Waals surface area contributed by atoms with Crippen molar-refractivity contribution in [1.82, 2.24) is 5.32 Å². The van der Waals surface area contributed by atoms with Crippen molar-refractivity contribution in [3.05, 3.63) is 70.2 Å². The van der Waals surface area contributed by atoms with E-state index in [1.165, 1.54) is 11.1 Å². The number of rotatable bonds is 8. The highest BCUT2D eigenvalue weighted by molar-refractivity contribution is 9.10. The summed E-state index contributed by atoms with van der Waals surface area (Å²) >= 11 is 3.43. The summed E-state index contributed by atoms with van der Waals surface area (Å²) < 4.78 is 1.11. The topological polar surface area (TPSA) is 29.1 Å². The Hall–Kier alpha value is -1.61. The van der Waals surface area contributed by atoms with E-state index >= 15 is 0 Å². The predicted molar refractivity (Wildman–Crippen MR) is 94.9 cm³/mol. The standard InChI is InChI=1S/C19H22BrNO/c20-18-12-10-17(11-13-18)8-4-5-9-19(22)21-15-14-16-6-2-1-3-7-16/h1-3,6-7,10-13H,4-5,8-9,14-15H2,(H,21,22). The lowest BCUT2D eigenvalue weighted by Gasteiger charge is -2.06. The van der Waals surface area contributed by atoms with Crippen molar-refractivity contribution in [3.63, 3.8) is 0 Å². The Morgan fingerprint density at radius 2 is 1.55 bits per heavy atom. The van der Waals surface area contributed by atoms with Gasteiger partial charge in [-0.05, 0) is 48.9 Å². The number of carbonyl (C=O) groups excluding carboxylic acids is 1. The second-order valence-corrected chi connectivity index (χ2v) is 6.33. The van der Waals surface area contributed by atoms with Gasteiger partial charge in [0.2, 0.25) is 5.91 Å². The summed E-state index contributed by atoms with van der Waals surface area (Å²) in [4.78, 5) is 11.8. The molecule has 0 aliphatic heterocycles. The second-order valence-electron chi connectivity index (χ2n) is 5.42. The molecule has 0 heterocycles. The number of carbonyl (C=O) groups is 1. The number of aryl methyl sites for hydroxylation is 1. The first-order valence-corrected chi connectivity index (χ1v) is 8.58. The van der Waals surface area contributed by atoms with Crippen molar-refractivity contribution in [3.8, 4) is 0 Å². The molecule has 1 N–H and O–H groups in total. The van der Waals surface area contributed by atoms with E-state index in [4.69, 9.17) is 0 Å². The number of unbranched alkanes of at least 4 members (excludes halogenated alkanes) is 1. The van der Waals surface area contributed by atoms with Crippen LogP contribution in [0.5, 0.6) is 0 Å². The smallest absolute Gasteiger partial charge is 0.220 e. The van der Waals surface area contributed by atoms with E-state index in [0.29, 0.717) is 6.42 Å². The van der Waals surface area contributed by atoms with Gasteiger partial charge in [0.15, 0.2) is 0 Å². The minimum Gasteiger partial charge on any atom is -0.356 e. The molecule has 0 bridgehead atoms. The fourth-order valence-electron chi connectivity index (χ4n) is 2.35. The zero-order valence-electron chi connectivity index (χ0n) is 12.7. The zero-order chi connectivity index (χ0) is 15.6. The average molecular weight is 360 g/mol. The summed E-state index contributed by atoms with van der Waals surface area (Å²) in [7, 11) is 0. The average Bonchev–Trinajstić information content (AvgIpc) is 2.54. The first-order chi connectivity index (χ1) is 10.7. The van der Waals surface area contributed by atoms with Gasteiger partial charge in [-0.15, -0.1) is 0 Å². The fourth-order valence-corrected chi connectivity index (χ4v) is 2.61. The molecule has 2 nitrogen and oxygen atoms in total. The number of hydrogen-bond acceptors (Lipinski definition) is 1. The van der Waals surface area contributed by atoms with Crippen LogP contribution in [-0.2, 0) is 17.6 Å². The zero-order valence-corrected chi connectivity index (χ0v) is 14.3. The maximum atomic E-state index is 11.8. The third kappa shape index (κ3) is 6.44. The van der Waals surface area contributed by atoms with Crippen LogP contribution in [0.1, 0.15) is 30.4 Å². The summed E-state index contributed by atoms with van der Waals surface area (Å²) in [5, 5.41) is 2.99. The van der Waals surface area contributed by atoms with Crippen LogP contribution >= 0.6 is 15.9 Å². The van der Waals surface area contributed by atoms with Gasteiger partial charge < -0.3 is 5.32 Å². The number of hydrogen-bond donors (Lipinski definition) is 1. The van der Waals surface area contributed by atoms with Crippen LogP contribution in [0.2, 0.25) is 0 Å². The van der Waals surface area contributed by atoms with Crippen LogP contribution in [0.4, 0.5) is 0 Å². The molecule has 0 aliphatic rings. The van der Waals surface area contributed by atoms with E-state index in [2.05, 4.69) is 57.6 Å². The summed E-state index contributed by atoms with van der Waals surface area (Å²) in [6.07, 6.45) is 4.53. The Kier molecular flexibility index (Phi) is 7.17. The van der Waals surface area contributed by atoms with Gasteiger partial charge in [-0.2, -0.15) is 0 Å². The Balaban J connectivity index is 1.55. The maximum Gasteiger partial charge on any atom is 0.220 e. The molecular formula is C19H22BrNO. The van der Waals surface area contributed by atoms with Crippen molar-refractivity contribution >= 4 is 21.8 Å². The third-order valence-electron chi connectivity index (χ3n) is 3.61. The third-order valence-corrected chi connectivity index (χ3v) is 4.14. The van der Waals surface area contributed by atoms with Crippen molar-refractivity contribution in [2.75, 3.05) is 6.54 Å². The molecule has 0 fully saturated rings. The Labute approximate surface area is 141 Å². The Bertz CT molecular complexity index is 566. The maximum absolute atomic E-state index is 11.8. The van der Waals surface area contributed by atoms with E-state index in [0.717, 1.165) is 36.7 Å². The number of nitrogens with one attached hydrogen (secondary N) is 1. The van der Waals surface area contributed by atoms with E-state index in [-0.39, 0.29) is 5.91 Å². The molecule has 22 heavy (non-hydrogen) atoms. The molecular weight excluding hydrogens is 338 g/mol. The quantitative estimate of drug-likeness (QED) is 0.689. The molecule has 0 atom stereocenters. The van der Waals surface area contributed by atoms with Crippen molar-refractivity contribution < 1.29 is 4.79 Å². The highest BCUT2D eigenvalue weighted by Gasteiger charge is 2.01. The van der Waals surface area contributed by atoms with E-state index < -0.39 is 0 Å². The van der Waals surface area contributed by atoms with Gasteiger partial charge in [0.25, 0.3) is 0 Å². The van der Waals surface area contributed by atoms with Gasteiger partial charge in [0.1, 0.15) is 0 Å². The monoisotopic (exact) mass is 359 g/mol. The van der Waals surface area contributed by atoms with Crippen LogP contribution in [0.15, 0.2) is 59.1 Å².